The van der Waals surface area contributed by atoms with Crippen LogP contribution in [0, 0.1) is 0 Å². The van der Waals surface area contributed by atoms with Gasteiger partial charge in [0.25, 0.3) is 7.82 Å². The number of phosphoric acid groups is 1. The first-order valence-electron chi connectivity index (χ1n) is 23.6. The summed E-state index contributed by atoms with van der Waals surface area (Å²) >= 11 is 0. The number of ether oxygens (including phenoxy) is 2. The zero-order chi connectivity index (χ0) is 45.7. The molecule has 0 saturated heterocycles. The molecule has 0 aromatic heterocycles. The number of carbonyl (C=O) groups excluding carboxylic acids is 2. The molecule has 0 aromatic carbocycles. The zero-order valence-corrected chi connectivity index (χ0v) is 40.4. The van der Waals surface area contributed by atoms with Crippen molar-refractivity contribution in [1.29, 1.82) is 0 Å². The molecule has 0 fully saturated rings. The van der Waals surface area contributed by atoms with E-state index >= 15 is 0 Å². The van der Waals surface area contributed by atoms with Gasteiger partial charge in [-0.25, -0.2) is 0 Å². The zero-order valence-electron chi connectivity index (χ0n) is 39.5. The fourth-order valence-corrected chi connectivity index (χ4v) is 6.37. The van der Waals surface area contributed by atoms with E-state index < -0.39 is 32.5 Å². The van der Waals surface area contributed by atoms with Gasteiger partial charge in [0, 0.05) is 12.8 Å². The summed E-state index contributed by atoms with van der Waals surface area (Å²) in [7, 11) is 1.12. The number of quaternary nitrogens is 1. The lowest BCUT2D eigenvalue weighted by Gasteiger charge is -2.28. The summed E-state index contributed by atoms with van der Waals surface area (Å²) in [6, 6.07) is 0. The third-order valence-corrected chi connectivity index (χ3v) is 10.3. The van der Waals surface area contributed by atoms with E-state index in [4.69, 9.17) is 18.5 Å². The first kappa shape index (κ1) is 58.7. The number of hydrogen-bond acceptors (Lipinski definition) is 8. The number of hydrogen-bond donors (Lipinski definition) is 0. The molecular formula is C52H86NO8P. The highest BCUT2D eigenvalue weighted by atomic mass is 31.2. The van der Waals surface area contributed by atoms with Gasteiger partial charge in [0.05, 0.1) is 27.7 Å². The first-order valence-corrected chi connectivity index (χ1v) is 25.1. The second-order valence-corrected chi connectivity index (χ2v) is 17.8. The Morgan fingerprint density at radius 3 is 1.37 bits per heavy atom. The van der Waals surface area contributed by atoms with Gasteiger partial charge in [0.2, 0.25) is 0 Å². The van der Waals surface area contributed by atoms with Gasteiger partial charge in [-0.1, -0.05) is 168 Å². The molecule has 62 heavy (non-hydrogen) atoms. The van der Waals surface area contributed by atoms with E-state index in [1.807, 2.05) is 21.1 Å². The summed E-state index contributed by atoms with van der Waals surface area (Å²) in [4.78, 5) is 37.3. The number of unbranched alkanes of at least 4 members (excludes halogenated alkanes) is 9. The average Bonchev–Trinajstić information content (AvgIpc) is 3.23. The standard InChI is InChI=1S/C52H86NO8P/c1-6-8-10-12-14-15-16-17-18-19-20-21-22-23-24-25-26-27-28-29-30-31-32-33-34-35-36-37-39-41-43-45-52(55)61-50(49-60-62(56,57)59-47-46-53(3,4)5)48-58-51(54)44-42-40-38-13-11-9-7-2/h8,10,14-15,17-18,20-21,23-24,26-27,29-30,32-33,35-36,50H,6-7,9,11-13,16,19,22,25,28,31,34,37-49H2,1-5H3/b10-8-,15-14-,18-17-,21-20-,24-23-,27-26-,30-29-,33-32-,36-35-. The van der Waals surface area contributed by atoms with Crippen LogP contribution >= 0.6 is 7.82 Å². The summed E-state index contributed by atoms with van der Waals surface area (Å²) in [5.41, 5.74) is 0. The highest BCUT2D eigenvalue weighted by Gasteiger charge is 2.21. The predicted molar refractivity (Wildman–Crippen MR) is 258 cm³/mol. The third-order valence-electron chi connectivity index (χ3n) is 9.31. The van der Waals surface area contributed by atoms with E-state index in [1.165, 1.54) is 19.3 Å². The van der Waals surface area contributed by atoms with Crippen molar-refractivity contribution in [3.63, 3.8) is 0 Å². The minimum absolute atomic E-state index is 0.0432. The Balaban J connectivity index is 4.25. The molecule has 2 atom stereocenters. The molecule has 352 valence electrons. The Morgan fingerprint density at radius 1 is 0.516 bits per heavy atom. The Hall–Kier alpha value is -3.33. The molecule has 0 heterocycles. The maximum atomic E-state index is 12.6. The van der Waals surface area contributed by atoms with E-state index in [9.17, 15) is 19.0 Å². The van der Waals surface area contributed by atoms with Crippen molar-refractivity contribution in [2.45, 2.75) is 161 Å². The lowest BCUT2D eigenvalue weighted by atomic mass is 10.1. The fraction of sp³-hybridized carbons (Fsp3) is 0.615. The van der Waals surface area contributed by atoms with Crippen LogP contribution in [0.2, 0.25) is 0 Å². The van der Waals surface area contributed by atoms with Crippen molar-refractivity contribution in [2.75, 3.05) is 47.5 Å². The quantitative estimate of drug-likeness (QED) is 0.0196. The van der Waals surface area contributed by atoms with Crippen LogP contribution in [0.3, 0.4) is 0 Å². The van der Waals surface area contributed by atoms with Crippen LogP contribution < -0.4 is 4.89 Å². The van der Waals surface area contributed by atoms with Crippen molar-refractivity contribution >= 4 is 19.8 Å². The van der Waals surface area contributed by atoms with E-state index in [0.717, 1.165) is 103 Å². The number of nitrogens with zero attached hydrogens (tertiary/aromatic N) is 1. The van der Waals surface area contributed by atoms with Gasteiger partial charge in [-0.05, 0) is 83.5 Å². The van der Waals surface area contributed by atoms with Gasteiger partial charge >= 0.3 is 11.9 Å². The molecule has 9 nitrogen and oxygen atoms in total. The number of rotatable bonds is 41. The Kier molecular flexibility index (Phi) is 40.6. The van der Waals surface area contributed by atoms with E-state index in [1.54, 1.807) is 0 Å². The monoisotopic (exact) mass is 884 g/mol. The number of likely N-dealkylation sites (N-methyl/N-ethyl adjacent to an activating group) is 1. The largest absolute Gasteiger partial charge is 0.756 e. The molecule has 0 aliphatic rings. The maximum absolute atomic E-state index is 12.6. The van der Waals surface area contributed by atoms with Crippen LogP contribution in [0.25, 0.3) is 0 Å². The van der Waals surface area contributed by atoms with E-state index in [0.29, 0.717) is 17.4 Å². The molecule has 0 radical (unpaired) electrons. The Bertz CT molecular complexity index is 1420. The summed E-state index contributed by atoms with van der Waals surface area (Å²) in [6.45, 7) is 3.99. The molecular weight excluding hydrogens is 798 g/mol. The summed E-state index contributed by atoms with van der Waals surface area (Å²) in [6.07, 6.45) is 58.7. The molecule has 0 rings (SSSR count). The van der Waals surface area contributed by atoms with Crippen LogP contribution in [0.4, 0.5) is 0 Å². The summed E-state index contributed by atoms with van der Waals surface area (Å²) in [5, 5.41) is 0. The molecule has 0 saturated carbocycles. The van der Waals surface area contributed by atoms with E-state index in [-0.39, 0.29) is 26.1 Å². The SMILES string of the molecule is CC/C=C\C/C=C\C/C=C\C/C=C\C/C=C\C/C=C\C/C=C\C/C=C\C/C=C\CCCCCC(=O)OC(COC(=O)CCCCCCCCC)COP(=O)([O-])OCC[N+](C)(C)C. The van der Waals surface area contributed by atoms with Crippen molar-refractivity contribution in [3.05, 3.63) is 109 Å². The van der Waals surface area contributed by atoms with E-state index in [2.05, 4.69) is 123 Å². The van der Waals surface area contributed by atoms with Crippen molar-refractivity contribution < 1.29 is 42.1 Å². The second kappa shape index (κ2) is 42.9. The fourth-order valence-electron chi connectivity index (χ4n) is 5.64. The normalized spacial score (nSPS) is 14.5. The van der Waals surface area contributed by atoms with Gasteiger partial charge in [0.15, 0.2) is 6.10 Å². The number of allylic oxidation sites excluding steroid dienone is 18. The summed E-state index contributed by atoms with van der Waals surface area (Å²) < 4.78 is 33.7. The van der Waals surface area contributed by atoms with Gasteiger partial charge < -0.3 is 27.9 Å². The van der Waals surface area contributed by atoms with Gasteiger partial charge in [-0.15, -0.1) is 0 Å². The van der Waals surface area contributed by atoms with Crippen LogP contribution in [0.15, 0.2) is 109 Å². The van der Waals surface area contributed by atoms with Crippen molar-refractivity contribution in [1.82, 2.24) is 0 Å². The highest BCUT2D eigenvalue weighted by molar-refractivity contribution is 7.45. The minimum atomic E-state index is -4.64. The smallest absolute Gasteiger partial charge is 0.306 e. The second-order valence-electron chi connectivity index (χ2n) is 16.4. The maximum Gasteiger partial charge on any atom is 0.306 e. The molecule has 2 unspecified atom stereocenters. The van der Waals surface area contributed by atoms with Crippen LogP contribution in [-0.4, -0.2) is 70.0 Å². The van der Waals surface area contributed by atoms with Crippen LogP contribution in [0.1, 0.15) is 155 Å². The minimum Gasteiger partial charge on any atom is -0.756 e. The Labute approximate surface area is 378 Å². The average molecular weight is 884 g/mol. The molecule has 10 heteroatoms. The molecule has 0 aliphatic carbocycles. The van der Waals surface area contributed by atoms with Gasteiger partial charge in [-0.2, -0.15) is 0 Å². The molecule has 0 amide bonds. The first-order chi connectivity index (χ1) is 30.0. The molecule has 0 aliphatic heterocycles. The molecule has 0 N–H and O–H groups in total. The van der Waals surface area contributed by atoms with Crippen LogP contribution in [-0.2, 0) is 32.7 Å². The molecule has 0 bridgehead atoms. The lowest BCUT2D eigenvalue weighted by Crippen LogP contribution is -2.37. The highest BCUT2D eigenvalue weighted by Crippen LogP contribution is 2.38. The van der Waals surface area contributed by atoms with Gasteiger partial charge in [-0.3, -0.25) is 14.2 Å². The van der Waals surface area contributed by atoms with Crippen LogP contribution in [0.5, 0.6) is 0 Å². The van der Waals surface area contributed by atoms with Gasteiger partial charge in [0.1, 0.15) is 19.8 Å². The number of esters is 2. The lowest BCUT2D eigenvalue weighted by molar-refractivity contribution is -0.870. The van der Waals surface area contributed by atoms with Crippen molar-refractivity contribution in [2.24, 2.45) is 0 Å². The predicted octanol–water partition coefficient (Wildman–Crippen LogP) is 13.3. The third kappa shape index (κ3) is 46.2. The molecule has 0 spiro atoms. The topological polar surface area (TPSA) is 111 Å². The number of carbonyl (C=O) groups is 2. The Morgan fingerprint density at radius 2 is 0.919 bits per heavy atom. The number of phosphoric ester groups is 1. The summed E-state index contributed by atoms with van der Waals surface area (Å²) in [5.74, 6) is -0.891. The van der Waals surface area contributed by atoms with Crippen molar-refractivity contribution in [3.8, 4) is 0 Å². The molecule has 0 aromatic rings.